The fourth-order valence-corrected chi connectivity index (χ4v) is 2.93. The molecule has 0 aromatic heterocycles. The van der Waals surface area contributed by atoms with Crippen molar-refractivity contribution in [3.8, 4) is 0 Å². The Labute approximate surface area is 137 Å². The molecular formula is C16H28N2O5. The number of hydrogen-bond donors (Lipinski definition) is 3. The van der Waals surface area contributed by atoms with Crippen molar-refractivity contribution in [1.29, 1.82) is 0 Å². The molecule has 2 amide bonds. The number of nitrogens with one attached hydrogen (secondary N) is 2. The van der Waals surface area contributed by atoms with Crippen LogP contribution in [0, 0.1) is 11.3 Å². The van der Waals surface area contributed by atoms with E-state index in [0.717, 1.165) is 32.1 Å². The van der Waals surface area contributed by atoms with E-state index in [2.05, 4.69) is 15.4 Å². The Morgan fingerprint density at radius 2 is 1.65 bits per heavy atom. The number of amides is 2. The molecule has 7 nitrogen and oxygen atoms in total. The zero-order valence-corrected chi connectivity index (χ0v) is 14.3. The van der Waals surface area contributed by atoms with Gasteiger partial charge < -0.3 is 20.5 Å². The normalized spacial score (nSPS) is 18.6. The Hall–Kier alpha value is -1.79. The van der Waals surface area contributed by atoms with Crippen LogP contribution in [-0.4, -0.2) is 42.3 Å². The van der Waals surface area contributed by atoms with Crippen LogP contribution in [0.4, 0.5) is 4.79 Å². The summed E-state index contributed by atoms with van der Waals surface area (Å²) in [6.45, 7) is 5.24. The lowest BCUT2D eigenvalue weighted by Gasteiger charge is -2.33. The number of carbonyl (C=O) groups is 3. The van der Waals surface area contributed by atoms with Crippen LogP contribution < -0.4 is 10.6 Å². The number of hydrogen-bond acceptors (Lipinski definition) is 4. The van der Waals surface area contributed by atoms with Crippen molar-refractivity contribution < 1.29 is 24.2 Å². The van der Waals surface area contributed by atoms with E-state index in [-0.39, 0.29) is 5.92 Å². The second-order valence-electron chi connectivity index (χ2n) is 7.16. The van der Waals surface area contributed by atoms with Crippen molar-refractivity contribution >= 4 is 18.0 Å². The van der Waals surface area contributed by atoms with Gasteiger partial charge in [0.2, 0.25) is 5.91 Å². The van der Waals surface area contributed by atoms with Gasteiger partial charge in [-0.2, -0.15) is 0 Å². The molecule has 1 rings (SSSR count). The largest absolute Gasteiger partial charge is 0.480 e. The van der Waals surface area contributed by atoms with Crippen LogP contribution >= 0.6 is 0 Å². The molecule has 1 fully saturated rings. The molecule has 0 radical (unpaired) electrons. The van der Waals surface area contributed by atoms with Crippen molar-refractivity contribution in [2.75, 3.05) is 7.11 Å². The number of rotatable bonds is 5. The first-order valence-corrected chi connectivity index (χ1v) is 8.04. The van der Waals surface area contributed by atoms with E-state index in [4.69, 9.17) is 0 Å². The first-order chi connectivity index (χ1) is 10.7. The molecule has 7 heteroatoms. The maximum atomic E-state index is 12.6. The molecule has 0 aromatic rings. The van der Waals surface area contributed by atoms with Crippen LogP contribution in [-0.2, 0) is 14.3 Å². The average molecular weight is 328 g/mol. The van der Waals surface area contributed by atoms with Gasteiger partial charge in [-0.1, -0.05) is 40.0 Å². The van der Waals surface area contributed by atoms with Crippen LogP contribution in [0.2, 0.25) is 0 Å². The highest BCUT2D eigenvalue weighted by atomic mass is 16.5. The first kappa shape index (κ1) is 19.3. The molecule has 0 aliphatic heterocycles. The molecule has 0 heterocycles. The van der Waals surface area contributed by atoms with Gasteiger partial charge in [0.05, 0.1) is 7.11 Å². The number of carboxylic acids is 1. The van der Waals surface area contributed by atoms with E-state index in [1.165, 1.54) is 7.11 Å². The van der Waals surface area contributed by atoms with Gasteiger partial charge in [0, 0.05) is 0 Å². The summed E-state index contributed by atoms with van der Waals surface area (Å²) in [4.78, 5) is 35.6. The molecule has 0 aromatic carbocycles. The van der Waals surface area contributed by atoms with Crippen LogP contribution in [0.15, 0.2) is 0 Å². The topological polar surface area (TPSA) is 105 Å². The number of carbonyl (C=O) groups excluding carboxylic acids is 2. The minimum atomic E-state index is -1.09. The van der Waals surface area contributed by atoms with Crippen molar-refractivity contribution in [1.82, 2.24) is 10.6 Å². The molecule has 3 N–H and O–H groups in total. The predicted octanol–water partition coefficient (Wildman–Crippen LogP) is 1.91. The number of ether oxygens (including phenoxy) is 1. The Balaban J connectivity index is 2.88. The van der Waals surface area contributed by atoms with Crippen LogP contribution in [0.1, 0.15) is 52.9 Å². The summed E-state index contributed by atoms with van der Waals surface area (Å²) in [6, 6.07) is -1.80. The summed E-state index contributed by atoms with van der Waals surface area (Å²) in [6.07, 6.45) is 4.09. The van der Waals surface area contributed by atoms with Gasteiger partial charge in [0.25, 0.3) is 0 Å². The quantitative estimate of drug-likeness (QED) is 0.715. The summed E-state index contributed by atoms with van der Waals surface area (Å²) >= 11 is 0. The van der Waals surface area contributed by atoms with E-state index in [1.807, 2.05) is 0 Å². The Morgan fingerprint density at radius 1 is 1.09 bits per heavy atom. The lowest BCUT2D eigenvalue weighted by Crippen LogP contribution is -2.57. The zero-order chi connectivity index (χ0) is 17.6. The van der Waals surface area contributed by atoms with Gasteiger partial charge in [-0.25, -0.2) is 9.59 Å². The highest BCUT2D eigenvalue weighted by Crippen LogP contribution is 2.27. The molecule has 1 aliphatic carbocycles. The third-order valence-corrected chi connectivity index (χ3v) is 4.26. The minimum Gasteiger partial charge on any atom is -0.480 e. The SMILES string of the molecule is COC(=O)NC(C(=O)NC(C(=O)O)C(C)(C)C)C1CCCCC1. The molecule has 1 saturated carbocycles. The smallest absolute Gasteiger partial charge is 0.407 e. The molecule has 23 heavy (non-hydrogen) atoms. The summed E-state index contributed by atoms with van der Waals surface area (Å²) in [5.41, 5.74) is -0.635. The molecule has 2 unspecified atom stereocenters. The summed E-state index contributed by atoms with van der Waals surface area (Å²) in [5, 5.41) is 14.5. The molecule has 0 bridgehead atoms. The Bertz CT molecular complexity index is 438. The molecule has 132 valence electrons. The monoisotopic (exact) mass is 328 g/mol. The Morgan fingerprint density at radius 3 is 2.09 bits per heavy atom. The first-order valence-electron chi connectivity index (χ1n) is 8.04. The third-order valence-electron chi connectivity index (χ3n) is 4.26. The van der Waals surface area contributed by atoms with Crippen LogP contribution in [0.3, 0.4) is 0 Å². The molecule has 0 saturated heterocycles. The van der Waals surface area contributed by atoms with E-state index in [9.17, 15) is 19.5 Å². The van der Waals surface area contributed by atoms with Gasteiger partial charge >= 0.3 is 12.1 Å². The van der Waals surface area contributed by atoms with Gasteiger partial charge in [-0.15, -0.1) is 0 Å². The second kappa shape index (κ2) is 8.17. The lowest BCUT2D eigenvalue weighted by atomic mass is 9.82. The zero-order valence-electron chi connectivity index (χ0n) is 14.3. The molecule has 1 aliphatic rings. The van der Waals surface area contributed by atoms with Crippen molar-refractivity contribution in [3.05, 3.63) is 0 Å². The number of methoxy groups -OCH3 is 1. The number of aliphatic carboxylic acids is 1. The fourth-order valence-electron chi connectivity index (χ4n) is 2.93. The maximum Gasteiger partial charge on any atom is 0.407 e. The van der Waals surface area contributed by atoms with Crippen LogP contribution in [0.5, 0.6) is 0 Å². The highest BCUT2D eigenvalue weighted by Gasteiger charge is 2.37. The molecule has 0 spiro atoms. The van der Waals surface area contributed by atoms with Crippen LogP contribution in [0.25, 0.3) is 0 Å². The van der Waals surface area contributed by atoms with Crippen molar-refractivity contribution in [2.24, 2.45) is 11.3 Å². The van der Waals surface area contributed by atoms with E-state index < -0.39 is 35.5 Å². The average Bonchev–Trinajstić information content (AvgIpc) is 2.49. The van der Waals surface area contributed by atoms with E-state index >= 15 is 0 Å². The molecular weight excluding hydrogens is 300 g/mol. The van der Waals surface area contributed by atoms with Crippen molar-refractivity contribution in [2.45, 2.75) is 65.0 Å². The van der Waals surface area contributed by atoms with E-state index in [0.29, 0.717) is 0 Å². The second-order valence-corrected chi connectivity index (χ2v) is 7.16. The minimum absolute atomic E-state index is 0.00253. The molecule has 2 atom stereocenters. The predicted molar refractivity (Wildman–Crippen MR) is 84.9 cm³/mol. The van der Waals surface area contributed by atoms with Gasteiger partial charge in [0.15, 0.2) is 0 Å². The summed E-state index contributed by atoms with van der Waals surface area (Å²) < 4.78 is 4.60. The number of alkyl carbamates (subject to hydrolysis) is 1. The summed E-state index contributed by atoms with van der Waals surface area (Å²) in [5.74, 6) is -1.56. The van der Waals surface area contributed by atoms with E-state index in [1.54, 1.807) is 20.8 Å². The highest BCUT2D eigenvalue weighted by molar-refractivity contribution is 5.89. The fraction of sp³-hybridized carbons (Fsp3) is 0.812. The lowest BCUT2D eigenvalue weighted by molar-refractivity contribution is -0.145. The van der Waals surface area contributed by atoms with Gasteiger partial charge in [-0.05, 0) is 24.2 Å². The third kappa shape index (κ3) is 5.73. The maximum absolute atomic E-state index is 12.6. The van der Waals surface area contributed by atoms with Crippen molar-refractivity contribution in [3.63, 3.8) is 0 Å². The van der Waals surface area contributed by atoms with Gasteiger partial charge in [0.1, 0.15) is 12.1 Å². The number of carboxylic acid groups (broad SMARTS) is 1. The standard InChI is InChI=1S/C16H28N2O5/c1-16(2,3)12(14(20)21)18-13(19)11(17-15(22)23-4)10-8-6-5-7-9-10/h10-12H,5-9H2,1-4H3,(H,17,22)(H,18,19)(H,20,21). The Kier molecular flexibility index (Phi) is 6.84. The van der Waals surface area contributed by atoms with Gasteiger partial charge in [-0.3, -0.25) is 4.79 Å². The summed E-state index contributed by atoms with van der Waals surface area (Å²) in [7, 11) is 1.24.